The number of hydrogen-bond donors (Lipinski definition) is 3. The molecule has 0 bridgehead atoms. The van der Waals surface area contributed by atoms with Gasteiger partial charge in [-0.05, 0) is 26.7 Å². The summed E-state index contributed by atoms with van der Waals surface area (Å²) < 4.78 is 28.9. The summed E-state index contributed by atoms with van der Waals surface area (Å²) in [5.41, 5.74) is 2.32. The van der Waals surface area contributed by atoms with Crippen LogP contribution >= 0.6 is 0 Å². The van der Waals surface area contributed by atoms with Gasteiger partial charge in [0.15, 0.2) is 9.84 Å². The molecule has 1 aliphatic heterocycles. The predicted octanol–water partition coefficient (Wildman–Crippen LogP) is -0.0665. The van der Waals surface area contributed by atoms with Crippen LogP contribution in [0.2, 0.25) is 0 Å². The molecule has 9 nitrogen and oxygen atoms in total. The molecule has 118 valence electrons. The number of hydrazine groups is 1. The Morgan fingerprint density at radius 2 is 2.05 bits per heavy atom. The number of rotatable bonds is 6. The number of nitrogens with zero attached hydrogens (tertiary/aromatic N) is 3. The highest BCUT2D eigenvalue weighted by atomic mass is 32.2. The van der Waals surface area contributed by atoms with Gasteiger partial charge in [0.25, 0.3) is 0 Å². The molecule has 1 saturated heterocycles. The molecule has 1 aliphatic rings. The number of ether oxygens (including phenoxy) is 1. The van der Waals surface area contributed by atoms with Crippen molar-refractivity contribution in [2.45, 2.75) is 38.0 Å². The number of nitrogen functional groups attached to an aromatic ring is 1. The van der Waals surface area contributed by atoms with E-state index in [0.29, 0.717) is 12.8 Å². The first-order chi connectivity index (χ1) is 9.90. The fraction of sp³-hybridized carbons (Fsp3) is 0.727. The summed E-state index contributed by atoms with van der Waals surface area (Å²) in [6.45, 7) is 3.95. The Kier molecular flexibility index (Phi) is 4.78. The summed E-state index contributed by atoms with van der Waals surface area (Å²) in [4.78, 5) is 12.1. The van der Waals surface area contributed by atoms with Gasteiger partial charge in [0.1, 0.15) is 0 Å². The van der Waals surface area contributed by atoms with E-state index in [1.165, 1.54) is 0 Å². The third kappa shape index (κ3) is 4.14. The Labute approximate surface area is 123 Å². The number of hydrogen-bond acceptors (Lipinski definition) is 9. The van der Waals surface area contributed by atoms with E-state index in [1.807, 2.05) is 13.8 Å². The van der Waals surface area contributed by atoms with Crippen LogP contribution in [0.4, 0.5) is 11.9 Å². The summed E-state index contributed by atoms with van der Waals surface area (Å²) in [6.07, 6.45) is 1.25. The van der Waals surface area contributed by atoms with Crippen molar-refractivity contribution >= 4 is 21.7 Å². The summed E-state index contributed by atoms with van der Waals surface area (Å²) in [5, 5.41) is 2.51. The first-order valence-corrected chi connectivity index (χ1v) is 8.47. The van der Waals surface area contributed by atoms with E-state index in [1.54, 1.807) is 0 Å². The second-order valence-corrected chi connectivity index (χ2v) is 7.49. The molecule has 21 heavy (non-hydrogen) atoms. The highest BCUT2D eigenvalue weighted by Crippen LogP contribution is 2.20. The smallest absolute Gasteiger partial charge is 0.323 e. The number of anilines is 2. The first kappa shape index (κ1) is 15.7. The zero-order chi connectivity index (χ0) is 15.5. The monoisotopic (exact) mass is 316 g/mol. The lowest BCUT2D eigenvalue weighted by molar-refractivity contribution is 0.222. The van der Waals surface area contributed by atoms with Gasteiger partial charge in [-0.25, -0.2) is 14.3 Å². The molecule has 1 atom stereocenters. The molecule has 1 unspecified atom stereocenters. The van der Waals surface area contributed by atoms with Gasteiger partial charge in [0, 0.05) is 6.54 Å². The Morgan fingerprint density at radius 3 is 2.62 bits per heavy atom. The van der Waals surface area contributed by atoms with Crippen LogP contribution in [0.25, 0.3) is 0 Å². The van der Waals surface area contributed by atoms with E-state index < -0.39 is 15.1 Å². The number of aromatic nitrogens is 3. The minimum Gasteiger partial charge on any atom is -0.461 e. The number of nitrogens with two attached hydrogens (primary N) is 1. The summed E-state index contributed by atoms with van der Waals surface area (Å²) in [6, 6.07) is 0.129. The van der Waals surface area contributed by atoms with Crippen molar-refractivity contribution < 1.29 is 13.2 Å². The van der Waals surface area contributed by atoms with Crippen LogP contribution in [-0.4, -0.2) is 47.0 Å². The molecule has 2 heterocycles. The lowest BCUT2D eigenvalue weighted by Gasteiger charge is -2.13. The molecule has 2 rings (SSSR count). The fourth-order valence-electron chi connectivity index (χ4n) is 2.06. The molecular formula is C11H20N6O3S. The second kappa shape index (κ2) is 6.39. The van der Waals surface area contributed by atoms with Crippen molar-refractivity contribution in [2.75, 3.05) is 23.0 Å². The molecule has 10 heteroatoms. The van der Waals surface area contributed by atoms with Crippen molar-refractivity contribution in [3.63, 3.8) is 0 Å². The normalized spacial score (nSPS) is 20.5. The van der Waals surface area contributed by atoms with Crippen LogP contribution in [0.3, 0.4) is 0 Å². The van der Waals surface area contributed by atoms with Crippen LogP contribution in [-0.2, 0) is 9.84 Å². The molecule has 0 aromatic carbocycles. The molecular weight excluding hydrogens is 296 g/mol. The van der Waals surface area contributed by atoms with Crippen LogP contribution in [0.15, 0.2) is 0 Å². The van der Waals surface area contributed by atoms with Crippen molar-refractivity contribution in [3.8, 4) is 6.01 Å². The maximum absolute atomic E-state index is 11.8. The van der Waals surface area contributed by atoms with Crippen molar-refractivity contribution in [1.29, 1.82) is 0 Å². The van der Waals surface area contributed by atoms with Gasteiger partial charge in [0.2, 0.25) is 11.9 Å². The van der Waals surface area contributed by atoms with Gasteiger partial charge in [0.05, 0.1) is 17.1 Å². The van der Waals surface area contributed by atoms with E-state index in [4.69, 9.17) is 10.6 Å². The third-order valence-electron chi connectivity index (χ3n) is 3.04. The summed E-state index contributed by atoms with van der Waals surface area (Å²) >= 11 is 0. The maximum atomic E-state index is 11.8. The molecule has 0 amide bonds. The molecule has 4 N–H and O–H groups in total. The van der Waals surface area contributed by atoms with Crippen molar-refractivity contribution in [2.24, 2.45) is 5.84 Å². The van der Waals surface area contributed by atoms with Gasteiger partial charge >= 0.3 is 6.01 Å². The Bertz CT molecular complexity index is 592. The molecule has 0 saturated carbocycles. The standard InChI is InChI=1S/C11H20N6O3S/c1-7(2)20-11-15-9(14-10(16-11)17-12)13-6-8-4-3-5-21(8,18)19/h7-8H,3-6,12H2,1-2H3,(H2,13,14,15,16,17). The fourth-order valence-corrected chi connectivity index (χ4v) is 3.82. The average molecular weight is 316 g/mol. The molecule has 0 aliphatic carbocycles. The average Bonchev–Trinajstić information content (AvgIpc) is 2.74. The number of nitrogens with one attached hydrogen (secondary N) is 2. The van der Waals surface area contributed by atoms with E-state index >= 15 is 0 Å². The second-order valence-electron chi connectivity index (χ2n) is 5.09. The highest BCUT2D eigenvalue weighted by molar-refractivity contribution is 7.92. The van der Waals surface area contributed by atoms with Crippen LogP contribution < -0.4 is 21.3 Å². The summed E-state index contributed by atoms with van der Waals surface area (Å²) in [5.74, 6) is 5.92. The van der Waals surface area contributed by atoms with Crippen LogP contribution in [0.1, 0.15) is 26.7 Å². The quantitative estimate of drug-likeness (QED) is 0.487. The van der Waals surface area contributed by atoms with Crippen LogP contribution in [0.5, 0.6) is 6.01 Å². The van der Waals surface area contributed by atoms with Crippen molar-refractivity contribution in [1.82, 2.24) is 15.0 Å². The van der Waals surface area contributed by atoms with Gasteiger partial charge in [-0.15, -0.1) is 0 Å². The van der Waals surface area contributed by atoms with Gasteiger partial charge < -0.3 is 10.1 Å². The Morgan fingerprint density at radius 1 is 1.33 bits per heavy atom. The first-order valence-electron chi connectivity index (χ1n) is 6.75. The van der Waals surface area contributed by atoms with Crippen LogP contribution in [0, 0.1) is 0 Å². The lowest BCUT2D eigenvalue weighted by atomic mass is 10.2. The van der Waals surface area contributed by atoms with E-state index in [0.717, 1.165) is 0 Å². The molecule has 1 aromatic heterocycles. The number of sulfone groups is 1. The van der Waals surface area contributed by atoms with Gasteiger partial charge in [-0.2, -0.15) is 15.0 Å². The van der Waals surface area contributed by atoms with E-state index in [-0.39, 0.29) is 36.3 Å². The minimum atomic E-state index is -3.01. The molecule has 0 radical (unpaired) electrons. The Hall–Kier alpha value is -1.68. The molecule has 1 aromatic rings. The zero-order valence-corrected chi connectivity index (χ0v) is 12.9. The van der Waals surface area contributed by atoms with E-state index in [2.05, 4.69) is 25.7 Å². The SMILES string of the molecule is CC(C)Oc1nc(NN)nc(NCC2CCCS2(=O)=O)n1. The lowest BCUT2D eigenvalue weighted by Crippen LogP contribution is -2.26. The van der Waals surface area contributed by atoms with E-state index in [9.17, 15) is 8.42 Å². The maximum Gasteiger partial charge on any atom is 0.323 e. The topological polar surface area (TPSA) is 132 Å². The van der Waals surface area contributed by atoms with Crippen molar-refractivity contribution in [3.05, 3.63) is 0 Å². The third-order valence-corrected chi connectivity index (χ3v) is 5.31. The highest BCUT2D eigenvalue weighted by Gasteiger charge is 2.31. The zero-order valence-electron chi connectivity index (χ0n) is 12.0. The Balaban J connectivity index is 2.08. The van der Waals surface area contributed by atoms with Gasteiger partial charge in [-0.3, -0.25) is 5.43 Å². The molecule has 1 fully saturated rings. The molecule has 0 spiro atoms. The summed E-state index contributed by atoms with van der Waals surface area (Å²) in [7, 11) is -3.01. The van der Waals surface area contributed by atoms with Gasteiger partial charge in [-0.1, -0.05) is 0 Å². The minimum absolute atomic E-state index is 0.0962. The largest absolute Gasteiger partial charge is 0.461 e. The predicted molar refractivity (Wildman–Crippen MR) is 78.7 cm³/mol.